The molecule has 0 aliphatic carbocycles. The van der Waals surface area contributed by atoms with Crippen molar-refractivity contribution in [2.75, 3.05) is 14.2 Å². The Morgan fingerprint density at radius 1 is 1.10 bits per heavy atom. The molecule has 0 radical (unpaired) electrons. The van der Waals surface area contributed by atoms with Crippen LogP contribution in [0.15, 0.2) is 70.8 Å². The van der Waals surface area contributed by atoms with Gasteiger partial charge in [-0.15, -0.1) is 0 Å². The molecule has 4 rings (SSSR count). The Bertz CT molecular complexity index is 1190. The van der Waals surface area contributed by atoms with Crippen molar-refractivity contribution in [2.24, 2.45) is 0 Å². The van der Waals surface area contributed by atoms with Gasteiger partial charge in [-0.05, 0) is 36.4 Å². The predicted molar refractivity (Wildman–Crippen MR) is 108 cm³/mol. The number of benzene rings is 2. The zero-order chi connectivity index (χ0) is 20.4. The number of carbonyl (C=O) groups is 1. The fourth-order valence-corrected chi connectivity index (χ4v) is 4.11. The van der Waals surface area contributed by atoms with Gasteiger partial charge in [-0.3, -0.25) is 9.97 Å². The molecule has 0 fully saturated rings. The van der Waals surface area contributed by atoms with E-state index in [0.717, 1.165) is 5.56 Å². The highest BCUT2D eigenvalue weighted by molar-refractivity contribution is 7.91. The van der Waals surface area contributed by atoms with Crippen molar-refractivity contribution in [3.8, 4) is 17.0 Å². The highest BCUT2D eigenvalue weighted by atomic mass is 32.2. The van der Waals surface area contributed by atoms with Gasteiger partial charge < -0.3 is 14.0 Å². The van der Waals surface area contributed by atoms with E-state index in [0.29, 0.717) is 32.9 Å². The number of esters is 1. The van der Waals surface area contributed by atoms with Gasteiger partial charge in [-0.25, -0.2) is 4.79 Å². The number of pyridine rings is 1. The molecule has 0 amide bonds. The minimum absolute atomic E-state index is 0.289. The van der Waals surface area contributed by atoms with Crippen LogP contribution in [0.1, 0.15) is 10.4 Å². The number of H-pyrrole nitrogens is 1. The second-order valence-corrected chi connectivity index (χ2v) is 7.48. The number of fused-ring (bicyclic) bond motifs is 1. The maximum absolute atomic E-state index is 13.3. The number of hydrogen-bond acceptors (Lipinski definition) is 6. The van der Waals surface area contributed by atoms with Crippen LogP contribution >= 0.6 is 0 Å². The average Bonchev–Trinajstić information content (AvgIpc) is 3.21. The summed E-state index contributed by atoms with van der Waals surface area (Å²) in [4.78, 5) is 24.2. The van der Waals surface area contributed by atoms with Gasteiger partial charge >= 0.3 is 11.1 Å². The summed E-state index contributed by atoms with van der Waals surface area (Å²) in [7, 11) is 2.90. The van der Waals surface area contributed by atoms with E-state index in [1.165, 1.54) is 7.11 Å². The molecule has 0 aliphatic heterocycles. The summed E-state index contributed by atoms with van der Waals surface area (Å²) in [5.41, 5.74) is 2.97. The molecule has 1 atom stereocenters. The Morgan fingerprint density at radius 3 is 2.72 bits per heavy atom. The van der Waals surface area contributed by atoms with E-state index in [1.807, 2.05) is 18.2 Å². The lowest BCUT2D eigenvalue weighted by Gasteiger charge is -2.11. The van der Waals surface area contributed by atoms with Crippen molar-refractivity contribution in [3.05, 3.63) is 66.4 Å². The maximum atomic E-state index is 13.3. The largest absolute Gasteiger partial charge is 0.604 e. The normalized spacial score (nSPS) is 12.0. The summed E-state index contributed by atoms with van der Waals surface area (Å²) in [6.07, 6.45) is 1.64. The van der Waals surface area contributed by atoms with Crippen LogP contribution in [0.2, 0.25) is 0 Å². The van der Waals surface area contributed by atoms with E-state index in [1.54, 1.807) is 49.7 Å². The monoisotopic (exact) mass is 407 g/mol. The van der Waals surface area contributed by atoms with E-state index >= 15 is 0 Å². The number of hydrogen-bond donors (Lipinski definition) is 1. The molecular formula is C21H17N3O4S. The van der Waals surface area contributed by atoms with Crippen molar-refractivity contribution in [3.63, 3.8) is 0 Å². The van der Waals surface area contributed by atoms with Gasteiger partial charge in [0, 0.05) is 12.3 Å². The summed E-state index contributed by atoms with van der Waals surface area (Å²) in [6, 6.07) is 15.8. The molecule has 7 nitrogen and oxygen atoms in total. The number of nitrogens with zero attached hydrogens (tertiary/aromatic N) is 2. The lowest BCUT2D eigenvalue weighted by atomic mass is 10.1. The first-order chi connectivity index (χ1) is 14.1. The van der Waals surface area contributed by atoms with E-state index in [-0.39, 0.29) is 5.16 Å². The molecule has 0 saturated heterocycles. The third kappa shape index (κ3) is 3.67. The minimum atomic E-state index is -1.58. The zero-order valence-electron chi connectivity index (χ0n) is 15.7. The van der Waals surface area contributed by atoms with E-state index in [9.17, 15) is 9.35 Å². The smallest absolute Gasteiger partial charge is 0.337 e. The fraction of sp³-hybridized carbons (Fsp3) is 0.0952. The molecule has 1 unspecified atom stereocenters. The molecule has 4 aromatic rings. The van der Waals surface area contributed by atoms with E-state index in [2.05, 4.69) is 15.0 Å². The van der Waals surface area contributed by atoms with Crippen LogP contribution in [0.4, 0.5) is 0 Å². The molecule has 0 spiro atoms. The molecule has 29 heavy (non-hydrogen) atoms. The average molecular weight is 407 g/mol. The molecule has 2 heterocycles. The molecule has 8 heteroatoms. The summed E-state index contributed by atoms with van der Waals surface area (Å²) < 4.78 is 23.3. The third-order valence-electron chi connectivity index (χ3n) is 4.39. The second kappa shape index (κ2) is 7.94. The van der Waals surface area contributed by atoms with Crippen LogP contribution in [-0.2, 0) is 15.9 Å². The highest BCUT2D eigenvalue weighted by Crippen LogP contribution is 2.31. The lowest BCUT2D eigenvalue weighted by Crippen LogP contribution is -2.06. The van der Waals surface area contributed by atoms with Crippen molar-refractivity contribution in [1.29, 1.82) is 0 Å². The van der Waals surface area contributed by atoms with Crippen LogP contribution in [0.3, 0.4) is 0 Å². The van der Waals surface area contributed by atoms with Crippen LogP contribution in [0.5, 0.6) is 5.75 Å². The van der Waals surface area contributed by atoms with Crippen molar-refractivity contribution in [2.45, 2.75) is 10.1 Å². The number of carbonyl (C=O) groups excluding carboxylic acids is 1. The number of ether oxygens (including phenoxy) is 2. The topological polar surface area (TPSA) is 100 Å². The third-order valence-corrected chi connectivity index (χ3v) is 5.69. The van der Waals surface area contributed by atoms with Crippen molar-refractivity contribution < 1.29 is 18.8 Å². The number of aromatic nitrogens is 3. The number of aromatic amines is 1. The van der Waals surface area contributed by atoms with Gasteiger partial charge in [0.25, 0.3) is 0 Å². The Labute approximate surface area is 169 Å². The molecule has 1 N–H and O–H groups in total. The molecule has 2 aromatic carbocycles. The predicted octanol–water partition coefficient (Wildman–Crippen LogP) is 3.59. The zero-order valence-corrected chi connectivity index (χ0v) is 16.5. The molecule has 146 valence electrons. The van der Waals surface area contributed by atoms with Gasteiger partial charge in [0.1, 0.15) is 5.75 Å². The van der Waals surface area contributed by atoms with Gasteiger partial charge in [-0.2, -0.15) is 4.98 Å². The Kier molecular flexibility index (Phi) is 5.20. The first kappa shape index (κ1) is 19.0. The van der Waals surface area contributed by atoms with Crippen LogP contribution < -0.4 is 4.74 Å². The Balaban J connectivity index is 1.75. The van der Waals surface area contributed by atoms with Gasteiger partial charge in [0.15, 0.2) is 4.90 Å². The summed E-state index contributed by atoms with van der Waals surface area (Å²) in [5.74, 6) is 0.210. The van der Waals surface area contributed by atoms with Crippen molar-refractivity contribution >= 4 is 28.2 Å². The molecule has 0 aliphatic rings. The summed E-state index contributed by atoms with van der Waals surface area (Å²) in [6.45, 7) is 0. The SMILES string of the molecule is COC(=O)c1ccc2[nH]c([S+]([O-])c3ccccc3-c3cc(OC)ccn3)nc2c1. The molecule has 0 bridgehead atoms. The standard InChI is InChI=1S/C21H17N3O4S/c1-27-14-9-10-22-17(12-14)15-5-3-4-6-19(15)29(26)21-23-16-8-7-13(20(25)28-2)11-18(16)24-21/h3-12H,1-2H3,(H,23,24). The van der Waals surface area contributed by atoms with Gasteiger partial charge in [-0.1, -0.05) is 12.1 Å². The number of imidazole rings is 1. The number of nitrogens with one attached hydrogen (secondary N) is 1. The maximum Gasteiger partial charge on any atom is 0.337 e. The molecular weight excluding hydrogens is 390 g/mol. The van der Waals surface area contributed by atoms with E-state index < -0.39 is 17.1 Å². The Morgan fingerprint density at radius 2 is 1.93 bits per heavy atom. The number of rotatable bonds is 5. The van der Waals surface area contributed by atoms with Crippen LogP contribution in [0, 0.1) is 0 Å². The first-order valence-electron chi connectivity index (χ1n) is 8.70. The Hall–Kier alpha value is -3.36. The number of methoxy groups -OCH3 is 2. The summed E-state index contributed by atoms with van der Waals surface area (Å²) in [5, 5.41) is 0.289. The lowest BCUT2D eigenvalue weighted by molar-refractivity contribution is 0.0601. The minimum Gasteiger partial charge on any atom is -0.604 e. The first-order valence-corrected chi connectivity index (χ1v) is 9.85. The highest BCUT2D eigenvalue weighted by Gasteiger charge is 2.24. The van der Waals surface area contributed by atoms with Crippen LogP contribution in [-0.4, -0.2) is 39.7 Å². The van der Waals surface area contributed by atoms with Crippen LogP contribution in [0.25, 0.3) is 22.3 Å². The molecule has 0 saturated carbocycles. The second-order valence-electron chi connectivity index (χ2n) is 6.11. The van der Waals surface area contributed by atoms with Gasteiger partial charge in [0.05, 0.1) is 53.2 Å². The summed E-state index contributed by atoms with van der Waals surface area (Å²) >= 11 is -1.58. The van der Waals surface area contributed by atoms with Crippen molar-refractivity contribution in [1.82, 2.24) is 15.0 Å². The fourth-order valence-electron chi connectivity index (χ4n) is 2.94. The molecule has 2 aromatic heterocycles. The van der Waals surface area contributed by atoms with E-state index in [4.69, 9.17) is 9.47 Å². The van der Waals surface area contributed by atoms with Gasteiger partial charge in [0.2, 0.25) is 0 Å². The quantitative estimate of drug-likeness (QED) is 0.401.